The number of fused-ring (bicyclic) bond motifs is 1. The first-order valence-electron chi connectivity index (χ1n) is 9.71. The lowest BCUT2D eigenvalue weighted by Crippen LogP contribution is -2.39. The second-order valence-corrected chi connectivity index (χ2v) is 7.40. The summed E-state index contributed by atoms with van der Waals surface area (Å²) in [6.07, 6.45) is 2.08. The van der Waals surface area contributed by atoms with Gasteiger partial charge in [-0.05, 0) is 74.4 Å². The number of hydrogen-bond donors (Lipinski definition) is 1. The van der Waals surface area contributed by atoms with Crippen molar-refractivity contribution in [3.8, 4) is 5.75 Å². The Hall–Kier alpha value is -2.82. The SMILES string of the molecule is Cc1cc(C)cc(OCC(=O)O[C@H](C)C(=O)N[C@@H]2CCCc3ccccc32)c1. The Morgan fingerprint density at radius 2 is 1.86 bits per heavy atom. The highest BCUT2D eigenvalue weighted by atomic mass is 16.6. The lowest BCUT2D eigenvalue weighted by molar-refractivity contribution is -0.156. The van der Waals surface area contributed by atoms with E-state index in [-0.39, 0.29) is 18.6 Å². The summed E-state index contributed by atoms with van der Waals surface area (Å²) >= 11 is 0. The monoisotopic (exact) mass is 381 g/mol. The first-order chi connectivity index (χ1) is 13.4. The summed E-state index contributed by atoms with van der Waals surface area (Å²) in [5.41, 5.74) is 4.54. The molecule has 0 spiro atoms. The summed E-state index contributed by atoms with van der Waals surface area (Å²) in [7, 11) is 0. The molecule has 1 aliphatic rings. The first kappa shape index (κ1) is 19.9. The van der Waals surface area contributed by atoms with Crippen LogP contribution in [0.3, 0.4) is 0 Å². The van der Waals surface area contributed by atoms with Crippen molar-refractivity contribution in [2.24, 2.45) is 0 Å². The number of esters is 1. The van der Waals surface area contributed by atoms with Crippen LogP contribution in [0.5, 0.6) is 5.75 Å². The molecular weight excluding hydrogens is 354 g/mol. The van der Waals surface area contributed by atoms with Gasteiger partial charge in [0.1, 0.15) is 5.75 Å². The van der Waals surface area contributed by atoms with Crippen molar-refractivity contribution in [1.29, 1.82) is 0 Å². The topological polar surface area (TPSA) is 64.6 Å². The molecule has 0 radical (unpaired) electrons. The van der Waals surface area contributed by atoms with Gasteiger partial charge in [0.25, 0.3) is 5.91 Å². The van der Waals surface area contributed by atoms with E-state index in [0.717, 1.165) is 36.0 Å². The predicted molar refractivity (Wildman–Crippen MR) is 107 cm³/mol. The van der Waals surface area contributed by atoms with E-state index in [0.29, 0.717) is 5.75 Å². The number of ether oxygens (including phenoxy) is 2. The highest BCUT2D eigenvalue weighted by Gasteiger charge is 2.25. The highest BCUT2D eigenvalue weighted by Crippen LogP contribution is 2.29. The zero-order valence-electron chi connectivity index (χ0n) is 16.7. The molecule has 1 N–H and O–H groups in total. The zero-order valence-corrected chi connectivity index (χ0v) is 16.7. The van der Waals surface area contributed by atoms with Crippen molar-refractivity contribution in [3.05, 3.63) is 64.7 Å². The average molecular weight is 381 g/mol. The van der Waals surface area contributed by atoms with Crippen molar-refractivity contribution in [3.63, 3.8) is 0 Å². The Labute approximate surface area is 166 Å². The van der Waals surface area contributed by atoms with E-state index < -0.39 is 12.1 Å². The lowest BCUT2D eigenvalue weighted by atomic mass is 9.87. The van der Waals surface area contributed by atoms with Crippen molar-refractivity contribution in [2.75, 3.05) is 6.61 Å². The molecule has 0 heterocycles. The molecule has 0 unspecified atom stereocenters. The maximum atomic E-state index is 12.5. The fourth-order valence-corrected chi connectivity index (χ4v) is 3.64. The molecule has 0 bridgehead atoms. The van der Waals surface area contributed by atoms with Crippen molar-refractivity contribution in [1.82, 2.24) is 5.32 Å². The Morgan fingerprint density at radius 3 is 2.61 bits per heavy atom. The third kappa shape index (κ3) is 5.12. The van der Waals surface area contributed by atoms with Gasteiger partial charge in [0.15, 0.2) is 12.7 Å². The predicted octanol–water partition coefficient (Wildman–Crippen LogP) is 3.81. The lowest BCUT2D eigenvalue weighted by Gasteiger charge is -2.27. The van der Waals surface area contributed by atoms with Crippen LogP contribution < -0.4 is 10.1 Å². The molecular formula is C23H27NO4. The van der Waals surface area contributed by atoms with E-state index in [2.05, 4.69) is 11.4 Å². The molecule has 0 saturated carbocycles. The van der Waals surface area contributed by atoms with E-state index in [4.69, 9.17) is 9.47 Å². The third-order valence-corrected chi connectivity index (χ3v) is 4.92. The van der Waals surface area contributed by atoms with Crippen LogP contribution in [0.25, 0.3) is 0 Å². The van der Waals surface area contributed by atoms with Crippen molar-refractivity contribution >= 4 is 11.9 Å². The van der Waals surface area contributed by atoms with Gasteiger partial charge in [0, 0.05) is 0 Å². The van der Waals surface area contributed by atoms with Crippen LogP contribution in [0.2, 0.25) is 0 Å². The average Bonchev–Trinajstić information content (AvgIpc) is 2.66. The van der Waals surface area contributed by atoms with Crippen LogP contribution in [0, 0.1) is 13.8 Å². The van der Waals surface area contributed by atoms with Crippen LogP contribution in [0.15, 0.2) is 42.5 Å². The normalized spacial score (nSPS) is 16.6. The maximum absolute atomic E-state index is 12.5. The molecule has 0 saturated heterocycles. The number of hydrogen-bond acceptors (Lipinski definition) is 4. The minimum absolute atomic E-state index is 0.0369. The van der Waals surface area contributed by atoms with Crippen LogP contribution in [0.4, 0.5) is 0 Å². The summed E-state index contributed by atoms with van der Waals surface area (Å²) < 4.78 is 10.7. The Morgan fingerprint density at radius 1 is 1.14 bits per heavy atom. The Kier molecular flexibility index (Phi) is 6.34. The van der Waals surface area contributed by atoms with Crippen LogP contribution in [-0.4, -0.2) is 24.6 Å². The third-order valence-electron chi connectivity index (χ3n) is 4.92. The van der Waals surface area contributed by atoms with Gasteiger partial charge in [-0.2, -0.15) is 0 Å². The largest absolute Gasteiger partial charge is 0.482 e. The molecule has 0 fully saturated rings. The van der Waals surface area contributed by atoms with Gasteiger partial charge in [-0.1, -0.05) is 30.3 Å². The van der Waals surface area contributed by atoms with E-state index >= 15 is 0 Å². The molecule has 0 aromatic heterocycles. The van der Waals surface area contributed by atoms with Gasteiger partial charge in [-0.15, -0.1) is 0 Å². The number of rotatable bonds is 6. The van der Waals surface area contributed by atoms with Gasteiger partial charge in [-0.3, -0.25) is 4.79 Å². The molecule has 2 atom stereocenters. The number of nitrogens with one attached hydrogen (secondary N) is 1. The molecule has 2 aromatic carbocycles. The zero-order chi connectivity index (χ0) is 20.1. The van der Waals surface area contributed by atoms with Gasteiger partial charge in [0.05, 0.1) is 6.04 Å². The summed E-state index contributed by atoms with van der Waals surface area (Å²) in [6.45, 7) is 5.29. The Bertz CT molecular complexity index is 841. The molecule has 3 rings (SSSR count). The van der Waals surface area contributed by atoms with Crippen LogP contribution >= 0.6 is 0 Å². The molecule has 0 aliphatic heterocycles. The second-order valence-electron chi connectivity index (χ2n) is 7.40. The van der Waals surface area contributed by atoms with E-state index in [1.54, 1.807) is 6.92 Å². The summed E-state index contributed by atoms with van der Waals surface area (Å²) in [5.74, 6) is -0.238. The number of benzene rings is 2. The number of carbonyl (C=O) groups is 2. The summed E-state index contributed by atoms with van der Waals surface area (Å²) in [5, 5.41) is 3.01. The highest BCUT2D eigenvalue weighted by molar-refractivity contribution is 5.84. The van der Waals surface area contributed by atoms with Gasteiger partial charge in [0.2, 0.25) is 0 Å². The minimum Gasteiger partial charge on any atom is -0.482 e. The molecule has 5 heteroatoms. The Balaban J connectivity index is 1.51. The maximum Gasteiger partial charge on any atom is 0.344 e. The number of aryl methyl sites for hydroxylation is 3. The molecule has 2 aromatic rings. The second kappa shape index (κ2) is 8.91. The van der Waals surface area contributed by atoms with Crippen LogP contribution in [0.1, 0.15) is 48.1 Å². The van der Waals surface area contributed by atoms with Gasteiger partial charge >= 0.3 is 5.97 Å². The molecule has 5 nitrogen and oxygen atoms in total. The summed E-state index contributed by atoms with van der Waals surface area (Å²) in [4.78, 5) is 24.6. The molecule has 148 valence electrons. The van der Waals surface area contributed by atoms with Gasteiger partial charge < -0.3 is 14.8 Å². The fraction of sp³-hybridized carbons (Fsp3) is 0.391. The van der Waals surface area contributed by atoms with Crippen molar-refractivity contribution in [2.45, 2.75) is 52.2 Å². The van der Waals surface area contributed by atoms with E-state index in [1.165, 1.54) is 5.56 Å². The van der Waals surface area contributed by atoms with Crippen molar-refractivity contribution < 1.29 is 19.1 Å². The smallest absolute Gasteiger partial charge is 0.344 e. The van der Waals surface area contributed by atoms with Crippen LogP contribution in [-0.2, 0) is 20.7 Å². The molecule has 28 heavy (non-hydrogen) atoms. The van der Waals surface area contributed by atoms with E-state index in [1.807, 2.05) is 50.2 Å². The number of amides is 1. The minimum atomic E-state index is -0.871. The molecule has 1 amide bonds. The molecule has 1 aliphatic carbocycles. The number of carbonyl (C=O) groups excluding carboxylic acids is 2. The standard InChI is InChI=1S/C23H27NO4/c1-15-11-16(2)13-19(12-15)27-14-22(25)28-17(3)23(26)24-21-10-6-8-18-7-4-5-9-20(18)21/h4-5,7,9,11-13,17,21H,6,8,10,14H2,1-3H3,(H,24,26)/t17-,21-/m1/s1. The quantitative estimate of drug-likeness (QED) is 0.773. The fourth-order valence-electron chi connectivity index (χ4n) is 3.64. The van der Waals surface area contributed by atoms with Gasteiger partial charge in [-0.25, -0.2) is 4.79 Å². The summed E-state index contributed by atoms with van der Waals surface area (Å²) in [6, 6.07) is 13.9. The van der Waals surface area contributed by atoms with E-state index in [9.17, 15) is 9.59 Å². The first-order valence-corrected chi connectivity index (χ1v) is 9.71.